The number of aryl methyl sites for hydroxylation is 2. The van der Waals surface area contributed by atoms with E-state index in [1.54, 1.807) is 17.3 Å². The number of carbonyl (C=O) groups excluding carboxylic acids is 1. The van der Waals surface area contributed by atoms with Crippen molar-refractivity contribution in [3.8, 4) is 11.4 Å². The van der Waals surface area contributed by atoms with E-state index in [4.69, 9.17) is 4.42 Å². The molecule has 2 aromatic heterocycles. The molecular formula is C18H19N5O2. The summed E-state index contributed by atoms with van der Waals surface area (Å²) in [6.45, 7) is 0. The van der Waals surface area contributed by atoms with Gasteiger partial charge in [-0.1, -0.05) is 12.1 Å². The summed E-state index contributed by atoms with van der Waals surface area (Å²) in [5.41, 5.74) is 2.63. The van der Waals surface area contributed by atoms with Crippen LogP contribution in [0.25, 0.3) is 11.4 Å². The number of urea groups is 1. The lowest BCUT2D eigenvalue weighted by atomic mass is 9.93. The smallest absolute Gasteiger partial charge is 0.319 e. The molecule has 0 aliphatic heterocycles. The van der Waals surface area contributed by atoms with Crippen LogP contribution in [0.1, 0.15) is 30.2 Å². The number of hydrogen-bond acceptors (Lipinski definition) is 4. The van der Waals surface area contributed by atoms with Crippen molar-refractivity contribution in [1.29, 1.82) is 0 Å². The fourth-order valence-corrected chi connectivity index (χ4v) is 3.17. The van der Waals surface area contributed by atoms with Gasteiger partial charge in [-0.05, 0) is 31.0 Å². The Morgan fingerprint density at radius 2 is 2.28 bits per heavy atom. The van der Waals surface area contributed by atoms with E-state index < -0.39 is 0 Å². The number of hydrogen-bond donors (Lipinski definition) is 2. The van der Waals surface area contributed by atoms with Crippen molar-refractivity contribution in [1.82, 2.24) is 20.1 Å². The summed E-state index contributed by atoms with van der Waals surface area (Å²) in [4.78, 5) is 16.6. The maximum absolute atomic E-state index is 12.4. The first-order chi connectivity index (χ1) is 12.2. The predicted molar refractivity (Wildman–Crippen MR) is 93.0 cm³/mol. The molecule has 128 valence electrons. The average Bonchev–Trinajstić information content (AvgIpc) is 3.24. The minimum absolute atomic E-state index is 0.0110. The van der Waals surface area contributed by atoms with E-state index >= 15 is 0 Å². The maximum atomic E-state index is 12.4. The van der Waals surface area contributed by atoms with Gasteiger partial charge >= 0.3 is 6.03 Å². The SMILES string of the molecule is Cn1cnc(-c2cccc(NC(=O)N[C@H]3CCCc4occc43)c2)n1. The van der Waals surface area contributed by atoms with Crippen LogP contribution in [0.2, 0.25) is 0 Å². The van der Waals surface area contributed by atoms with Gasteiger partial charge in [-0.2, -0.15) is 5.10 Å². The summed E-state index contributed by atoms with van der Waals surface area (Å²) in [5.74, 6) is 1.60. The molecule has 0 radical (unpaired) electrons. The molecule has 4 rings (SSSR count). The first kappa shape index (κ1) is 15.4. The summed E-state index contributed by atoms with van der Waals surface area (Å²) in [7, 11) is 1.82. The third-order valence-electron chi connectivity index (χ3n) is 4.34. The van der Waals surface area contributed by atoms with Crippen LogP contribution in [0.3, 0.4) is 0 Å². The van der Waals surface area contributed by atoms with E-state index in [-0.39, 0.29) is 12.1 Å². The van der Waals surface area contributed by atoms with E-state index in [9.17, 15) is 4.79 Å². The van der Waals surface area contributed by atoms with Crippen molar-refractivity contribution in [2.75, 3.05) is 5.32 Å². The minimum Gasteiger partial charge on any atom is -0.469 e. The van der Waals surface area contributed by atoms with Gasteiger partial charge in [0.05, 0.1) is 12.3 Å². The van der Waals surface area contributed by atoms with Crippen molar-refractivity contribution >= 4 is 11.7 Å². The summed E-state index contributed by atoms with van der Waals surface area (Å²) in [5, 5.41) is 10.2. The zero-order valence-electron chi connectivity index (χ0n) is 13.9. The zero-order chi connectivity index (χ0) is 17.2. The molecule has 1 aromatic carbocycles. The third-order valence-corrected chi connectivity index (χ3v) is 4.34. The molecule has 7 nitrogen and oxygen atoms in total. The number of aromatic nitrogens is 3. The molecule has 0 unspecified atom stereocenters. The largest absolute Gasteiger partial charge is 0.469 e. The Labute approximate surface area is 145 Å². The highest BCUT2D eigenvalue weighted by atomic mass is 16.3. The van der Waals surface area contributed by atoms with E-state index in [1.165, 1.54) is 0 Å². The standard InChI is InChI=1S/C18H19N5O2/c1-23-11-19-17(22-23)12-4-2-5-13(10-12)20-18(24)21-15-6-3-7-16-14(15)8-9-25-16/h2,4-5,8-11,15H,3,6-7H2,1H3,(H2,20,21,24)/t15-/m0/s1. The molecule has 3 aromatic rings. The molecule has 0 spiro atoms. The second-order valence-corrected chi connectivity index (χ2v) is 6.17. The monoisotopic (exact) mass is 337 g/mol. The molecule has 1 aliphatic rings. The highest BCUT2D eigenvalue weighted by molar-refractivity contribution is 5.90. The van der Waals surface area contributed by atoms with Gasteiger partial charge in [-0.3, -0.25) is 4.68 Å². The van der Waals surface area contributed by atoms with Gasteiger partial charge in [0.15, 0.2) is 5.82 Å². The Morgan fingerprint density at radius 1 is 1.36 bits per heavy atom. The molecule has 2 amide bonds. The minimum atomic E-state index is -0.231. The van der Waals surface area contributed by atoms with Crippen LogP contribution < -0.4 is 10.6 Å². The van der Waals surface area contributed by atoms with Gasteiger partial charge in [0.2, 0.25) is 0 Å². The topological polar surface area (TPSA) is 85.0 Å². The van der Waals surface area contributed by atoms with Crippen LogP contribution in [0.5, 0.6) is 0 Å². The molecule has 0 saturated heterocycles. The number of furan rings is 1. The lowest BCUT2D eigenvalue weighted by Gasteiger charge is -2.22. The van der Waals surface area contributed by atoms with E-state index in [2.05, 4.69) is 20.7 Å². The van der Waals surface area contributed by atoms with Crippen molar-refractivity contribution in [2.24, 2.45) is 7.05 Å². The number of anilines is 1. The lowest BCUT2D eigenvalue weighted by molar-refractivity contribution is 0.246. The summed E-state index contributed by atoms with van der Waals surface area (Å²) < 4.78 is 7.11. The van der Waals surface area contributed by atoms with Crippen LogP contribution in [0.15, 0.2) is 47.3 Å². The van der Waals surface area contributed by atoms with Gasteiger partial charge in [0, 0.05) is 30.3 Å². The van der Waals surface area contributed by atoms with Gasteiger partial charge < -0.3 is 15.1 Å². The van der Waals surface area contributed by atoms with Gasteiger partial charge in [-0.15, -0.1) is 0 Å². The van der Waals surface area contributed by atoms with Crippen molar-refractivity contribution < 1.29 is 9.21 Å². The quantitative estimate of drug-likeness (QED) is 0.768. The highest BCUT2D eigenvalue weighted by Crippen LogP contribution is 2.30. The van der Waals surface area contributed by atoms with Crippen LogP contribution in [-0.4, -0.2) is 20.8 Å². The van der Waals surface area contributed by atoms with Crippen LogP contribution in [0, 0.1) is 0 Å². The molecule has 1 aliphatic carbocycles. The molecule has 0 bridgehead atoms. The predicted octanol–water partition coefficient (Wildman–Crippen LogP) is 3.27. The Kier molecular flexibility index (Phi) is 3.97. The lowest BCUT2D eigenvalue weighted by Crippen LogP contribution is -2.34. The molecule has 25 heavy (non-hydrogen) atoms. The second-order valence-electron chi connectivity index (χ2n) is 6.17. The molecule has 2 heterocycles. The Morgan fingerprint density at radius 3 is 3.12 bits per heavy atom. The molecule has 1 atom stereocenters. The fourth-order valence-electron chi connectivity index (χ4n) is 3.17. The number of fused-ring (bicyclic) bond motifs is 1. The van der Waals surface area contributed by atoms with Crippen molar-refractivity contribution in [2.45, 2.75) is 25.3 Å². The normalized spacial score (nSPS) is 16.3. The second kappa shape index (κ2) is 6.43. The van der Waals surface area contributed by atoms with Crippen LogP contribution >= 0.6 is 0 Å². The first-order valence-electron chi connectivity index (χ1n) is 8.29. The van der Waals surface area contributed by atoms with Gasteiger partial charge in [0.25, 0.3) is 0 Å². The number of carbonyl (C=O) groups is 1. The number of benzene rings is 1. The van der Waals surface area contributed by atoms with Crippen molar-refractivity contribution in [3.05, 3.63) is 54.2 Å². The molecule has 0 saturated carbocycles. The van der Waals surface area contributed by atoms with Gasteiger partial charge in [-0.25, -0.2) is 9.78 Å². The molecule has 2 N–H and O–H groups in total. The average molecular weight is 337 g/mol. The number of nitrogens with one attached hydrogen (secondary N) is 2. The molecular weight excluding hydrogens is 318 g/mol. The van der Waals surface area contributed by atoms with Crippen LogP contribution in [0.4, 0.5) is 10.5 Å². The maximum Gasteiger partial charge on any atom is 0.319 e. The van der Waals surface area contributed by atoms with Crippen LogP contribution in [-0.2, 0) is 13.5 Å². The number of nitrogens with zero attached hydrogens (tertiary/aromatic N) is 3. The van der Waals surface area contributed by atoms with Gasteiger partial charge in [0.1, 0.15) is 12.1 Å². The number of amides is 2. The Bertz CT molecular complexity index is 898. The van der Waals surface area contributed by atoms with E-state index in [0.717, 1.165) is 36.1 Å². The Balaban J connectivity index is 1.45. The summed E-state index contributed by atoms with van der Waals surface area (Å²) >= 11 is 0. The number of rotatable bonds is 3. The van der Waals surface area contributed by atoms with E-state index in [1.807, 2.05) is 37.4 Å². The zero-order valence-corrected chi connectivity index (χ0v) is 13.9. The van der Waals surface area contributed by atoms with E-state index in [0.29, 0.717) is 11.5 Å². The fraction of sp³-hybridized carbons (Fsp3) is 0.278. The summed E-state index contributed by atoms with van der Waals surface area (Å²) in [6, 6.07) is 9.18. The first-order valence-corrected chi connectivity index (χ1v) is 8.29. The van der Waals surface area contributed by atoms with Crippen molar-refractivity contribution in [3.63, 3.8) is 0 Å². The molecule has 0 fully saturated rings. The highest BCUT2D eigenvalue weighted by Gasteiger charge is 2.24. The summed E-state index contributed by atoms with van der Waals surface area (Å²) in [6.07, 6.45) is 6.19. The third kappa shape index (κ3) is 3.26. The molecule has 7 heteroatoms. The Hall–Kier alpha value is -3.09.